The van der Waals surface area contributed by atoms with Gasteiger partial charge in [0.15, 0.2) is 0 Å². The van der Waals surface area contributed by atoms with Crippen molar-refractivity contribution in [2.24, 2.45) is 5.92 Å². The van der Waals surface area contributed by atoms with Crippen molar-refractivity contribution in [1.29, 1.82) is 0 Å². The molecule has 1 atom stereocenters. The van der Waals surface area contributed by atoms with Crippen molar-refractivity contribution in [3.63, 3.8) is 0 Å². The Labute approximate surface area is 127 Å². The van der Waals surface area contributed by atoms with E-state index in [-0.39, 0.29) is 17.9 Å². The predicted octanol–water partition coefficient (Wildman–Crippen LogP) is 4.18. The molecule has 1 aliphatic heterocycles. The minimum absolute atomic E-state index is 0.144. The molecule has 1 aliphatic rings. The standard InChI is InChI=1S/C17H24ClNO/c1-4-14(5-2)17(20)19-12(3)10-15-11-13(8-9-18)6-7-16(15)19/h6-7,11-12,14H,4-5,8-10H2,1-3H3. The number of rotatable bonds is 5. The number of halogens is 1. The molecular weight excluding hydrogens is 270 g/mol. The predicted molar refractivity (Wildman–Crippen MR) is 85.6 cm³/mol. The maximum absolute atomic E-state index is 12.7. The Morgan fingerprint density at radius 2 is 2.10 bits per heavy atom. The quantitative estimate of drug-likeness (QED) is 0.746. The van der Waals surface area contributed by atoms with Gasteiger partial charge in [0.25, 0.3) is 0 Å². The van der Waals surface area contributed by atoms with Crippen LogP contribution in [0.4, 0.5) is 5.69 Å². The summed E-state index contributed by atoms with van der Waals surface area (Å²) in [6.07, 6.45) is 3.68. The Morgan fingerprint density at radius 3 is 2.70 bits per heavy atom. The van der Waals surface area contributed by atoms with E-state index in [9.17, 15) is 4.79 Å². The zero-order valence-electron chi connectivity index (χ0n) is 12.7. The summed E-state index contributed by atoms with van der Waals surface area (Å²) in [6, 6.07) is 6.69. The van der Waals surface area contributed by atoms with E-state index in [1.807, 2.05) is 4.90 Å². The third-order valence-electron chi connectivity index (χ3n) is 4.31. The van der Waals surface area contributed by atoms with Crippen molar-refractivity contribution in [1.82, 2.24) is 0 Å². The number of amides is 1. The van der Waals surface area contributed by atoms with Gasteiger partial charge >= 0.3 is 0 Å². The van der Waals surface area contributed by atoms with Crippen LogP contribution in [0.25, 0.3) is 0 Å². The number of carbonyl (C=O) groups is 1. The van der Waals surface area contributed by atoms with Gasteiger partial charge in [-0.3, -0.25) is 4.79 Å². The van der Waals surface area contributed by atoms with Gasteiger partial charge in [-0.05, 0) is 49.8 Å². The van der Waals surface area contributed by atoms with Gasteiger partial charge in [-0.2, -0.15) is 0 Å². The summed E-state index contributed by atoms with van der Waals surface area (Å²) in [5.41, 5.74) is 3.66. The molecule has 1 unspecified atom stereocenters. The van der Waals surface area contributed by atoms with E-state index in [0.29, 0.717) is 5.88 Å². The van der Waals surface area contributed by atoms with Gasteiger partial charge in [0.2, 0.25) is 5.91 Å². The molecule has 2 rings (SSSR count). The lowest BCUT2D eigenvalue weighted by Gasteiger charge is -2.26. The Bertz CT molecular complexity index is 482. The van der Waals surface area contributed by atoms with E-state index in [0.717, 1.165) is 31.4 Å². The molecule has 0 N–H and O–H groups in total. The number of aryl methyl sites for hydroxylation is 1. The largest absolute Gasteiger partial charge is 0.309 e. The molecule has 1 aromatic carbocycles. The first-order valence-corrected chi connectivity index (χ1v) is 8.16. The highest BCUT2D eigenvalue weighted by Crippen LogP contribution is 2.34. The van der Waals surface area contributed by atoms with Crippen molar-refractivity contribution >= 4 is 23.2 Å². The molecule has 1 heterocycles. The fourth-order valence-electron chi connectivity index (χ4n) is 3.12. The molecule has 0 aliphatic carbocycles. The highest BCUT2D eigenvalue weighted by atomic mass is 35.5. The topological polar surface area (TPSA) is 20.3 Å². The number of anilines is 1. The number of alkyl halides is 1. The summed E-state index contributed by atoms with van der Waals surface area (Å²) in [7, 11) is 0. The summed E-state index contributed by atoms with van der Waals surface area (Å²) >= 11 is 5.81. The van der Waals surface area contributed by atoms with Crippen LogP contribution in [0.3, 0.4) is 0 Å². The molecule has 3 heteroatoms. The molecule has 20 heavy (non-hydrogen) atoms. The van der Waals surface area contributed by atoms with Crippen LogP contribution in [0.15, 0.2) is 18.2 Å². The third-order valence-corrected chi connectivity index (χ3v) is 4.50. The van der Waals surface area contributed by atoms with Crippen LogP contribution in [0.2, 0.25) is 0 Å². The van der Waals surface area contributed by atoms with Gasteiger partial charge in [0.05, 0.1) is 0 Å². The van der Waals surface area contributed by atoms with Crippen molar-refractivity contribution in [3.8, 4) is 0 Å². The van der Waals surface area contributed by atoms with E-state index in [4.69, 9.17) is 11.6 Å². The summed E-state index contributed by atoms with van der Waals surface area (Å²) in [4.78, 5) is 14.7. The van der Waals surface area contributed by atoms with Crippen molar-refractivity contribution in [2.45, 2.75) is 52.5 Å². The van der Waals surface area contributed by atoms with Crippen molar-refractivity contribution in [2.75, 3.05) is 10.8 Å². The van der Waals surface area contributed by atoms with E-state index >= 15 is 0 Å². The number of hydrogen-bond donors (Lipinski definition) is 0. The van der Waals surface area contributed by atoms with E-state index in [1.165, 1.54) is 11.1 Å². The average molecular weight is 294 g/mol. The van der Waals surface area contributed by atoms with Crippen LogP contribution in [0.1, 0.15) is 44.7 Å². The van der Waals surface area contributed by atoms with Gasteiger partial charge in [0, 0.05) is 23.5 Å². The van der Waals surface area contributed by atoms with Crippen LogP contribution < -0.4 is 4.90 Å². The summed E-state index contributed by atoms with van der Waals surface area (Å²) < 4.78 is 0. The Kier molecular flexibility index (Phi) is 5.09. The number of carbonyl (C=O) groups excluding carboxylic acids is 1. The molecule has 2 nitrogen and oxygen atoms in total. The van der Waals surface area contributed by atoms with Crippen LogP contribution in [-0.4, -0.2) is 17.8 Å². The lowest BCUT2D eigenvalue weighted by atomic mass is 10.0. The van der Waals surface area contributed by atoms with Gasteiger partial charge < -0.3 is 4.90 Å². The monoisotopic (exact) mass is 293 g/mol. The van der Waals surface area contributed by atoms with Gasteiger partial charge in [-0.1, -0.05) is 26.0 Å². The molecule has 0 fully saturated rings. The Morgan fingerprint density at radius 1 is 1.40 bits per heavy atom. The van der Waals surface area contributed by atoms with Gasteiger partial charge in [0.1, 0.15) is 0 Å². The second-order valence-corrected chi connectivity index (χ2v) is 6.05. The first-order chi connectivity index (χ1) is 9.62. The molecular formula is C17H24ClNO. The van der Waals surface area contributed by atoms with E-state index < -0.39 is 0 Å². The van der Waals surface area contributed by atoms with Gasteiger partial charge in [-0.25, -0.2) is 0 Å². The Hall–Kier alpha value is -1.02. The van der Waals surface area contributed by atoms with Crippen LogP contribution in [-0.2, 0) is 17.6 Å². The van der Waals surface area contributed by atoms with Crippen molar-refractivity contribution < 1.29 is 4.79 Å². The zero-order valence-corrected chi connectivity index (χ0v) is 13.4. The second-order valence-electron chi connectivity index (χ2n) is 5.68. The Balaban J connectivity index is 2.28. The maximum Gasteiger partial charge on any atom is 0.230 e. The number of benzene rings is 1. The molecule has 0 aromatic heterocycles. The van der Waals surface area contributed by atoms with E-state index in [2.05, 4.69) is 39.0 Å². The number of nitrogens with zero attached hydrogens (tertiary/aromatic N) is 1. The summed E-state index contributed by atoms with van der Waals surface area (Å²) in [5, 5.41) is 0. The molecule has 1 aromatic rings. The minimum atomic E-state index is 0.144. The number of fused-ring (bicyclic) bond motifs is 1. The first kappa shape index (κ1) is 15.4. The molecule has 0 saturated carbocycles. The summed E-state index contributed by atoms with van der Waals surface area (Å²) in [5.74, 6) is 1.07. The molecule has 110 valence electrons. The average Bonchev–Trinajstić information content (AvgIpc) is 2.75. The highest BCUT2D eigenvalue weighted by molar-refractivity contribution is 6.18. The van der Waals surface area contributed by atoms with Crippen LogP contribution in [0.5, 0.6) is 0 Å². The SMILES string of the molecule is CCC(CC)C(=O)N1c2ccc(CCCl)cc2CC1C. The van der Waals surface area contributed by atoms with E-state index in [1.54, 1.807) is 0 Å². The van der Waals surface area contributed by atoms with Crippen LogP contribution in [0, 0.1) is 5.92 Å². The molecule has 0 saturated heterocycles. The molecule has 0 bridgehead atoms. The fourth-order valence-corrected chi connectivity index (χ4v) is 3.34. The maximum atomic E-state index is 12.7. The first-order valence-electron chi connectivity index (χ1n) is 7.63. The fraction of sp³-hybridized carbons (Fsp3) is 0.588. The van der Waals surface area contributed by atoms with Gasteiger partial charge in [-0.15, -0.1) is 11.6 Å². The second kappa shape index (κ2) is 6.62. The summed E-state index contributed by atoms with van der Waals surface area (Å²) in [6.45, 7) is 6.33. The highest BCUT2D eigenvalue weighted by Gasteiger charge is 2.33. The third kappa shape index (κ3) is 2.85. The zero-order chi connectivity index (χ0) is 14.7. The molecule has 0 radical (unpaired) electrons. The molecule has 0 spiro atoms. The van der Waals surface area contributed by atoms with Crippen LogP contribution >= 0.6 is 11.6 Å². The molecule has 1 amide bonds. The lowest BCUT2D eigenvalue weighted by Crippen LogP contribution is -2.39. The normalized spacial score (nSPS) is 17.6. The lowest BCUT2D eigenvalue weighted by molar-refractivity contribution is -0.122. The number of hydrogen-bond acceptors (Lipinski definition) is 1. The minimum Gasteiger partial charge on any atom is -0.309 e. The smallest absolute Gasteiger partial charge is 0.230 e. The van der Waals surface area contributed by atoms with Crippen molar-refractivity contribution in [3.05, 3.63) is 29.3 Å².